The average Bonchev–Trinajstić information content (AvgIpc) is 3.34. The molecule has 6 nitrogen and oxygen atoms in total. The second-order valence-corrected chi connectivity index (χ2v) is 10.1. The van der Waals surface area contributed by atoms with Crippen molar-refractivity contribution in [2.45, 2.75) is 24.9 Å². The minimum absolute atomic E-state index is 0.144. The smallest absolute Gasteiger partial charge is 0.180 e. The molecule has 7 heteroatoms. The molecule has 1 saturated heterocycles. The van der Waals surface area contributed by atoms with Gasteiger partial charge in [-0.3, -0.25) is 14.4 Å². The molecule has 0 amide bonds. The molecular formula is C30H24ClNO5. The minimum atomic E-state index is -1.53. The number of nitrogens with zero attached hydrogens (tertiary/aromatic N) is 1. The molecule has 3 aromatic rings. The predicted octanol–water partition coefficient (Wildman–Crippen LogP) is 5.38. The van der Waals surface area contributed by atoms with Crippen LogP contribution in [0.15, 0.2) is 66.7 Å². The molecule has 0 N–H and O–H groups in total. The number of carbonyl (C=O) groups excluding carboxylic acids is 3. The highest BCUT2D eigenvalue weighted by atomic mass is 35.5. The van der Waals surface area contributed by atoms with E-state index in [2.05, 4.69) is 0 Å². The minimum Gasteiger partial charge on any atom is -0.493 e. The molecule has 37 heavy (non-hydrogen) atoms. The van der Waals surface area contributed by atoms with Gasteiger partial charge >= 0.3 is 0 Å². The molecule has 0 unspecified atom stereocenters. The number of benzene rings is 3. The lowest BCUT2D eigenvalue weighted by Gasteiger charge is -2.37. The number of carbonyl (C=O) groups is 3. The van der Waals surface area contributed by atoms with E-state index in [-0.39, 0.29) is 17.3 Å². The summed E-state index contributed by atoms with van der Waals surface area (Å²) in [6, 6.07) is 16.2. The summed E-state index contributed by atoms with van der Waals surface area (Å²) in [7, 11) is 3.07. The summed E-state index contributed by atoms with van der Waals surface area (Å²) in [6.45, 7) is 1.51. The predicted molar refractivity (Wildman–Crippen MR) is 141 cm³/mol. The van der Waals surface area contributed by atoms with Crippen LogP contribution in [0.4, 0.5) is 5.69 Å². The van der Waals surface area contributed by atoms with Gasteiger partial charge in [0.25, 0.3) is 0 Å². The van der Waals surface area contributed by atoms with Crippen LogP contribution < -0.4 is 14.4 Å². The Morgan fingerprint density at radius 1 is 0.919 bits per heavy atom. The van der Waals surface area contributed by atoms with Crippen molar-refractivity contribution in [3.05, 3.63) is 94.0 Å². The van der Waals surface area contributed by atoms with E-state index in [9.17, 15) is 14.4 Å². The van der Waals surface area contributed by atoms with Crippen molar-refractivity contribution in [1.82, 2.24) is 0 Å². The molecular weight excluding hydrogens is 490 g/mol. The molecule has 1 fully saturated rings. The number of fused-ring (bicyclic) bond motifs is 5. The van der Waals surface area contributed by atoms with E-state index in [1.165, 1.54) is 14.0 Å². The van der Waals surface area contributed by atoms with Crippen LogP contribution in [0, 0.1) is 5.41 Å². The lowest BCUT2D eigenvalue weighted by Crippen LogP contribution is -2.48. The van der Waals surface area contributed by atoms with Gasteiger partial charge in [-0.25, -0.2) is 0 Å². The molecule has 186 valence electrons. The third-order valence-electron chi connectivity index (χ3n) is 7.95. The van der Waals surface area contributed by atoms with Crippen molar-refractivity contribution in [2.75, 3.05) is 19.1 Å². The quantitative estimate of drug-likeness (QED) is 0.436. The van der Waals surface area contributed by atoms with Gasteiger partial charge in [0.1, 0.15) is 5.41 Å². The number of hydrogen-bond donors (Lipinski definition) is 0. The highest BCUT2D eigenvalue weighted by molar-refractivity contribution is 6.32. The van der Waals surface area contributed by atoms with E-state index in [1.807, 2.05) is 35.3 Å². The summed E-state index contributed by atoms with van der Waals surface area (Å²) in [5.74, 6) is -0.478. The molecule has 3 aliphatic rings. The lowest BCUT2D eigenvalue weighted by atomic mass is 9.64. The van der Waals surface area contributed by atoms with Crippen molar-refractivity contribution in [1.29, 1.82) is 0 Å². The largest absolute Gasteiger partial charge is 0.493 e. The van der Waals surface area contributed by atoms with Gasteiger partial charge in [0.15, 0.2) is 28.8 Å². The van der Waals surface area contributed by atoms with Crippen molar-refractivity contribution >= 4 is 40.7 Å². The van der Waals surface area contributed by atoms with Gasteiger partial charge in [0, 0.05) is 27.8 Å². The van der Waals surface area contributed by atoms with E-state index in [4.69, 9.17) is 21.1 Å². The van der Waals surface area contributed by atoms with Crippen LogP contribution >= 0.6 is 11.6 Å². The van der Waals surface area contributed by atoms with Gasteiger partial charge in [-0.1, -0.05) is 54.1 Å². The van der Waals surface area contributed by atoms with Crippen molar-refractivity contribution < 1.29 is 23.9 Å². The van der Waals surface area contributed by atoms with E-state index < -0.39 is 23.4 Å². The number of ketones is 3. The summed E-state index contributed by atoms with van der Waals surface area (Å²) >= 11 is 6.28. The molecule has 0 radical (unpaired) electrons. The summed E-state index contributed by atoms with van der Waals surface area (Å²) in [5, 5.41) is 0.562. The van der Waals surface area contributed by atoms with E-state index in [1.54, 1.807) is 49.6 Å². The molecule has 2 heterocycles. The Morgan fingerprint density at radius 2 is 1.59 bits per heavy atom. The van der Waals surface area contributed by atoms with Crippen LogP contribution in [-0.2, 0) is 4.79 Å². The molecule has 6 rings (SSSR count). The highest BCUT2D eigenvalue weighted by Gasteiger charge is 2.71. The zero-order valence-corrected chi connectivity index (χ0v) is 21.3. The molecule has 2 aliphatic heterocycles. The van der Waals surface area contributed by atoms with Crippen molar-refractivity contribution in [3.8, 4) is 11.5 Å². The number of methoxy groups -OCH3 is 2. The molecule has 0 aromatic heterocycles. The number of Topliss-reactive ketones (excluding diaryl/α,β-unsaturated/α-hetero) is 3. The fourth-order valence-electron chi connectivity index (χ4n) is 6.52. The van der Waals surface area contributed by atoms with Gasteiger partial charge in [0.05, 0.1) is 26.3 Å². The first-order chi connectivity index (χ1) is 17.8. The van der Waals surface area contributed by atoms with Crippen LogP contribution in [0.3, 0.4) is 0 Å². The zero-order chi connectivity index (χ0) is 26.1. The number of halogens is 1. The third-order valence-corrected chi connectivity index (χ3v) is 8.18. The first-order valence-electron chi connectivity index (χ1n) is 12.0. The average molecular weight is 514 g/mol. The van der Waals surface area contributed by atoms with Crippen LogP contribution in [0.1, 0.15) is 44.7 Å². The number of anilines is 1. The van der Waals surface area contributed by atoms with Crippen molar-refractivity contribution in [3.63, 3.8) is 0 Å². The normalized spacial score (nSPS) is 22.6. The zero-order valence-electron chi connectivity index (χ0n) is 20.5. The van der Waals surface area contributed by atoms with Crippen LogP contribution in [0.5, 0.6) is 11.5 Å². The first kappa shape index (κ1) is 23.5. The second kappa shape index (κ2) is 8.32. The van der Waals surface area contributed by atoms with Gasteiger partial charge in [0.2, 0.25) is 0 Å². The van der Waals surface area contributed by atoms with Gasteiger partial charge < -0.3 is 14.4 Å². The summed E-state index contributed by atoms with van der Waals surface area (Å²) in [6.07, 6.45) is 3.76. The fourth-order valence-corrected chi connectivity index (χ4v) is 6.70. The topological polar surface area (TPSA) is 72.9 Å². The maximum atomic E-state index is 14.4. The van der Waals surface area contributed by atoms with Crippen molar-refractivity contribution in [2.24, 2.45) is 5.41 Å². The summed E-state index contributed by atoms with van der Waals surface area (Å²) < 4.78 is 11.0. The standard InChI is InChI=1S/C30H24ClNO5/c1-16(33)27-26(18-8-12-23(36-2)24(15-18)37-3)30(28(34)20-6-4-5-7-21(20)29(30)35)25-13-9-17-14-19(31)10-11-22(17)32(25)27/h4-15,25-27H,1-3H3/t25-,26+,27-/m1/s1. The molecule has 3 atom stereocenters. The number of rotatable bonds is 4. The third kappa shape index (κ3) is 3.02. The van der Waals surface area contributed by atoms with Crippen LogP contribution in [0.25, 0.3) is 6.08 Å². The molecule has 3 aromatic carbocycles. The summed E-state index contributed by atoms with van der Waals surface area (Å²) in [4.78, 5) is 44.3. The van der Waals surface area contributed by atoms with Crippen LogP contribution in [-0.4, -0.2) is 43.7 Å². The SMILES string of the molecule is COc1ccc([C@H]2[C@@H](C(C)=O)N3c4ccc(Cl)cc4C=C[C@@H]3C23C(=O)c2ccccc2C3=O)cc1OC. The van der Waals surface area contributed by atoms with E-state index in [0.717, 1.165) is 11.3 Å². The highest BCUT2D eigenvalue weighted by Crippen LogP contribution is 2.61. The second-order valence-electron chi connectivity index (χ2n) is 9.63. The fraction of sp³-hybridized carbons (Fsp3) is 0.233. The van der Waals surface area contributed by atoms with Gasteiger partial charge in [-0.2, -0.15) is 0 Å². The van der Waals surface area contributed by atoms with Gasteiger partial charge in [-0.15, -0.1) is 0 Å². The Kier molecular flexibility index (Phi) is 5.28. The molecule has 1 spiro atoms. The summed E-state index contributed by atoms with van der Waals surface area (Å²) in [5.41, 5.74) is 1.48. The molecule has 1 aliphatic carbocycles. The Morgan fingerprint density at radius 3 is 2.22 bits per heavy atom. The molecule has 0 saturated carbocycles. The number of hydrogen-bond acceptors (Lipinski definition) is 6. The number of ether oxygens (including phenoxy) is 2. The van der Waals surface area contributed by atoms with Crippen LogP contribution in [0.2, 0.25) is 5.02 Å². The Hall–Kier alpha value is -3.90. The Bertz CT molecular complexity index is 1490. The monoisotopic (exact) mass is 513 g/mol. The maximum Gasteiger partial charge on any atom is 0.180 e. The van der Waals surface area contributed by atoms with Gasteiger partial charge in [-0.05, 0) is 48.4 Å². The Labute approximate surface area is 219 Å². The first-order valence-corrected chi connectivity index (χ1v) is 12.4. The van der Waals surface area contributed by atoms with E-state index in [0.29, 0.717) is 33.2 Å². The lowest BCUT2D eigenvalue weighted by molar-refractivity contribution is -0.118. The molecule has 0 bridgehead atoms. The maximum absolute atomic E-state index is 14.4. The Balaban J connectivity index is 1.67. The van der Waals surface area contributed by atoms with E-state index >= 15 is 0 Å².